The van der Waals surface area contributed by atoms with Crippen LogP contribution < -0.4 is 9.47 Å². The highest BCUT2D eigenvalue weighted by molar-refractivity contribution is 5.78. The lowest BCUT2D eigenvalue weighted by Gasteiger charge is -2.15. The van der Waals surface area contributed by atoms with Gasteiger partial charge in [-0.05, 0) is 74.2 Å². The van der Waals surface area contributed by atoms with Gasteiger partial charge in [-0.1, -0.05) is 13.0 Å². The highest BCUT2D eigenvalue weighted by atomic mass is 16.5. The quantitative estimate of drug-likeness (QED) is 0.449. The van der Waals surface area contributed by atoms with Crippen LogP contribution in [0.15, 0.2) is 36.4 Å². The van der Waals surface area contributed by atoms with Crippen molar-refractivity contribution in [3.63, 3.8) is 0 Å². The molecular weight excluding hydrogens is 396 g/mol. The molecule has 1 heterocycles. The molecule has 31 heavy (non-hydrogen) atoms. The van der Waals surface area contributed by atoms with Crippen molar-refractivity contribution < 1.29 is 19.4 Å². The molecule has 1 aromatic heterocycles. The van der Waals surface area contributed by atoms with Crippen LogP contribution >= 0.6 is 0 Å². The number of carbonyl (C=O) groups is 1. The molecule has 3 aromatic rings. The number of phenolic OH excluding ortho intramolecular Hbond substituents is 1. The topological polar surface area (TPSA) is 110 Å². The Hall–Kier alpha value is -3.42. The van der Waals surface area contributed by atoms with Crippen molar-refractivity contribution in [1.82, 2.24) is 20.6 Å². The number of nitrogens with zero attached hydrogens (tertiary/aromatic N) is 3. The second kappa shape index (κ2) is 10.6. The number of benzene rings is 2. The summed E-state index contributed by atoms with van der Waals surface area (Å²) in [4.78, 5) is 11.5. The van der Waals surface area contributed by atoms with Crippen LogP contribution in [0, 0.1) is 12.8 Å². The summed E-state index contributed by atoms with van der Waals surface area (Å²) in [5.74, 6) is 2.19. The van der Waals surface area contributed by atoms with Gasteiger partial charge in [0.2, 0.25) is 5.82 Å². The van der Waals surface area contributed by atoms with Crippen molar-refractivity contribution in [2.45, 2.75) is 40.0 Å². The number of carbonyl (C=O) groups excluding carboxylic acids is 1. The Morgan fingerprint density at radius 1 is 1.10 bits per heavy atom. The van der Waals surface area contributed by atoms with Gasteiger partial charge in [-0.15, -0.1) is 10.2 Å². The molecular formula is C23H28N4O4. The van der Waals surface area contributed by atoms with Crippen LogP contribution in [0.1, 0.15) is 37.8 Å². The number of aromatic hydroxyl groups is 1. The fourth-order valence-corrected chi connectivity index (χ4v) is 3.09. The summed E-state index contributed by atoms with van der Waals surface area (Å²) in [6, 6.07) is 11.2. The number of phenols is 1. The van der Waals surface area contributed by atoms with Gasteiger partial charge in [-0.25, -0.2) is 0 Å². The fraction of sp³-hybridized carbons (Fsp3) is 0.391. The number of H-pyrrole nitrogens is 1. The zero-order valence-corrected chi connectivity index (χ0v) is 18.1. The second-order valence-electron chi connectivity index (χ2n) is 7.58. The largest absolute Gasteiger partial charge is 0.507 e. The number of hydrogen-bond acceptors (Lipinski definition) is 7. The minimum absolute atomic E-state index is 0.113. The van der Waals surface area contributed by atoms with Crippen LogP contribution in [0.4, 0.5) is 0 Å². The van der Waals surface area contributed by atoms with Gasteiger partial charge in [-0.3, -0.25) is 4.79 Å². The minimum atomic E-state index is -0.118. The molecule has 8 nitrogen and oxygen atoms in total. The average Bonchev–Trinajstić information content (AvgIpc) is 3.30. The van der Waals surface area contributed by atoms with Crippen LogP contribution in [-0.4, -0.2) is 44.7 Å². The molecule has 0 aliphatic heterocycles. The third kappa shape index (κ3) is 6.04. The molecule has 0 amide bonds. The first-order valence-corrected chi connectivity index (χ1v) is 10.4. The summed E-state index contributed by atoms with van der Waals surface area (Å²) < 4.78 is 11.6. The predicted molar refractivity (Wildman–Crippen MR) is 116 cm³/mol. The Balaban J connectivity index is 1.40. The number of aromatic amines is 1. The Labute approximate surface area is 181 Å². The average molecular weight is 425 g/mol. The molecule has 0 fully saturated rings. The number of aromatic nitrogens is 4. The van der Waals surface area contributed by atoms with Crippen LogP contribution in [0.25, 0.3) is 11.4 Å². The van der Waals surface area contributed by atoms with Gasteiger partial charge in [0.15, 0.2) is 0 Å². The number of ether oxygens (including phenoxy) is 2. The van der Waals surface area contributed by atoms with E-state index in [1.54, 1.807) is 6.92 Å². The van der Waals surface area contributed by atoms with E-state index in [4.69, 9.17) is 9.47 Å². The summed E-state index contributed by atoms with van der Waals surface area (Å²) in [6.45, 7) is 6.38. The van der Waals surface area contributed by atoms with Gasteiger partial charge >= 0.3 is 0 Å². The van der Waals surface area contributed by atoms with Gasteiger partial charge in [0.05, 0.1) is 13.2 Å². The Morgan fingerprint density at radius 2 is 1.81 bits per heavy atom. The van der Waals surface area contributed by atoms with E-state index < -0.39 is 0 Å². The van der Waals surface area contributed by atoms with Gasteiger partial charge in [0, 0.05) is 17.0 Å². The van der Waals surface area contributed by atoms with E-state index in [0.29, 0.717) is 36.8 Å². The maximum Gasteiger partial charge on any atom is 0.204 e. The number of tetrazole rings is 1. The highest BCUT2D eigenvalue weighted by Crippen LogP contribution is 2.32. The maximum atomic E-state index is 11.5. The monoisotopic (exact) mass is 424 g/mol. The zero-order chi connectivity index (χ0) is 22.2. The van der Waals surface area contributed by atoms with Crippen LogP contribution in [0.5, 0.6) is 17.2 Å². The van der Waals surface area contributed by atoms with Crippen LogP contribution in [-0.2, 0) is 11.2 Å². The van der Waals surface area contributed by atoms with Gasteiger partial charge in [0.25, 0.3) is 0 Å². The van der Waals surface area contributed by atoms with Crippen molar-refractivity contribution >= 4 is 5.78 Å². The molecule has 2 aromatic carbocycles. The third-order valence-corrected chi connectivity index (χ3v) is 5.21. The van der Waals surface area contributed by atoms with Crippen molar-refractivity contribution in [1.29, 1.82) is 0 Å². The summed E-state index contributed by atoms with van der Waals surface area (Å²) in [7, 11) is 0. The molecule has 0 saturated carbocycles. The molecule has 1 unspecified atom stereocenters. The van der Waals surface area contributed by atoms with E-state index in [1.807, 2.05) is 50.2 Å². The van der Waals surface area contributed by atoms with Crippen molar-refractivity contribution in [3.8, 4) is 28.6 Å². The standard InChI is InChI=1S/C23H28N4O4/c1-15(17(3)28)14-19-8-11-21(16(2)22(19)29)31-13-5-4-12-30-20-9-6-18(7-10-20)23-24-26-27-25-23/h6-11,15,29H,4-5,12-14H2,1-3H3,(H,24,25,26,27). The molecule has 0 radical (unpaired) electrons. The number of nitrogens with one attached hydrogen (secondary N) is 1. The lowest BCUT2D eigenvalue weighted by molar-refractivity contribution is -0.120. The summed E-state index contributed by atoms with van der Waals surface area (Å²) >= 11 is 0. The van der Waals surface area contributed by atoms with E-state index in [2.05, 4.69) is 20.6 Å². The number of rotatable bonds is 11. The number of hydrogen-bond donors (Lipinski definition) is 2. The molecule has 3 rings (SSSR count). The molecule has 0 aliphatic carbocycles. The minimum Gasteiger partial charge on any atom is -0.507 e. The third-order valence-electron chi connectivity index (χ3n) is 5.21. The van der Waals surface area contributed by atoms with E-state index in [9.17, 15) is 9.90 Å². The number of Topliss-reactive ketones (excluding diaryl/α,β-unsaturated/α-hetero) is 1. The number of ketones is 1. The summed E-state index contributed by atoms with van der Waals surface area (Å²) in [5.41, 5.74) is 2.34. The molecule has 0 aliphatic rings. The highest BCUT2D eigenvalue weighted by Gasteiger charge is 2.15. The Bertz CT molecular complexity index is 988. The smallest absolute Gasteiger partial charge is 0.204 e. The molecule has 8 heteroatoms. The van der Waals surface area contributed by atoms with Crippen molar-refractivity contribution in [2.24, 2.45) is 5.92 Å². The van der Waals surface area contributed by atoms with E-state index in [0.717, 1.165) is 29.7 Å². The van der Waals surface area contributed by atoms with E-state index in [-0.39, 0.29) is 17.5 Å². The fourth-order valence-electron chi connectivity index (χ4n) is 3.09. The van der Waals surface area contributed by atoms with Gasteiger partial charge < -0.3 is 14.6 Å². The summed E-state index contributed by atoms with van der Waals surface area (Å²) in [6.07, 6.45) is 2.19. The maximum absolute atomic E-state index is 11.5. The molecule has 0 saturated heterocycles. The van der Waals surface area contributed by atoms with Gasteiger partial charge in [0.1, 0.15) is 23.0 Å². The molecule has 0 spiro atoms. The molecule has 1 atom stereocenters. The van der Waals surface area contributed by atoms with Crippen molar-refractivity contribution in [2.75, 3.05) is 13.2 Å². The Morgan fingerprint density at radius 3 is 2.45 bits per heavy atom. The molecule has 2 N–H and O–H groups in total. The lowest BCUT2D eigenvalue weighted by Crippen LogP contribution is -2.10. The molecule has 164 valence electrons. The summed E-state index contributed by atoms with van der Waals surface area (Å²) in [5, 5.41) is 24.3. The van der Waals surface area contributed by atoms with Crippen LogP contribution in [0.2, 0.25) is 0 Å². The molecule has 0 bridgehead atoms. The first-order valence-electron chi connectivity index (χ1n) is 10.4. The van der Waals surface area contributed by atoms with E-state index in [1.165, 1.54) is 0 Å². The predicted octanol–water partition coefficient (Wildman–Crippen LogP) is 3.89. The first kappa shape index (κ1) is 22.3. The lowest BCUT2D eigenvalue weighted by atomic mass is 9.95. The van der Waals surface area contributed by atoms with Crippen LogP contribution in [0.3, 0.4) is 0 Å². The number of unbranched alkanes of at least 4 members (excludes halogenated alkanes) is 1. The van der Waals surface area contributed by atoms with Gasteiger partial charge in [-0.2, -0.15) is 5.21 Å². The second-order valence-corrected chi connectivity index (χ2v) is 7.58. The van der Waals surface area contributed by atoms with Crippen molar-refractivity contribution in [3.05, 3.63) is 47.5 Å². The first-order chi connectivity index (χ1) is 15.0. The Kier molecular flexibility index (Phi) is 7.59. The zero-order valence-electron chi connectivity index (χ0n) is 18.1. The normalized spacial score (nSPS) is 11.8. The van der Waals surface area contributed by atoms with E-state index >= 15 is 0 Å². The SMILES string of the molecule is CC(=O)C(C)Cc1ccc(OCCCCOc2ccc(-c3nn[nH]n3)cc2)c(C)c1O.